The second-order valence-corrected chi connectivity index (χ2v) is 8.16. The molecule has 0 amide bonds. The van der Waals surface area contributed by atoms with Crippen LogP contribution in [0, 0.1) is 6.92 Å². The van der Waals surface area contributed by atoms with Crippen molar-refractivity contribution >= 4 is 35.1 Å². The molecule has 0 N–H and O–H groups in total. The Morgan fingerprint density at radius 1 is 1.17 bits per heavy atom. The lowest BCUT2D eigenvalue weighted by molar-refractivity contribution is 0.0813. The molecular formula is C23H17Cl2NO4. The number of Topliss-reactive ketones (excluding diaryl/α,β-unsaturated/α-hetero) is 1. The highest BCUT2D eigenvalue weighted by atomic mass is 35.5. The first-order valence-electron chi connectivity index (χ1n) is 9.43. The van der Waals surface area contributed by atoms with E-state index in [4.69, 9.17) is 37.1 Å². The summed E-state index contributed by atoms with van der Waals surface area (Å²) in [7, 11) is 0. The van der Waals surface area contributed by atoms with Gasteiger partial charge in [0.25, 0.3) is 0 Å². The van der Waals surface area contributed by atoms with E-state index in [0.717, 1.165) is 22.6 Å². The third-order valence-corrected chi connectivity index (χ3v) is 5.77. The van der Waals surface area contributed by atoms with E-state index in [1.807, 2.05) is 25.1 Å². The van der Waals surface area contributed by atoms with E-state index in [1.165, 1.54) is 0 Å². The lowest BCUT2D eigenvalue weighted by Crippen LogP contribution is -2.31. The quantitative estimate of drug-likeness (QED) is 0.476. The minimum Gasteiger partial charge on any atom is -0.477 e. The molecule has 5 nitrogen and oxygen atoms in total. The Morgan fingerprint density at radius 3 is 2.80 bits per heavy atom. The summed E-state index contributed by atoms with van der Waals surface area (Å²) in [5, 5.41) is 0.985. The molecule has 0 atom stereocenters. The molecule has 3 heterocycles. The van der Waals surface area contributed by atoms with Crippen molar-refractivity contribution in [2.24, 2.45) is 0 Å². The number of hydrogen-bond acceptors (Lipinski definition) is 5. The third kappa shape index (κ3) is 3.39. The molecule has 2 aliphatic heterocycles. The molecule has 0 saturated carbocycles. The maximum atomic E-state index is 13.0. The van der Waals surface area contributed by atoms with Crippen molar-refractivity contribution in [1.82, 2.24) is 4.90 Å². The number of benzene rings is 2. The van der Waals surface area contributed by atoms with Crippen LogP contribution in [0.15, 0.2) is 52.8 Å². The third-order valence-electron chi connectivity index (χ3n) is 5.21. The highest BCUT2D eigenvalue weighted by Gasteiger charge is 2.33. The van der Waals surface area contributed by atoms with Crippen LogP contribution in [0.4, 0.5) is 0 Å². The van der Waals surface area contributed by atoms with Crippen LogP contribution in [0.1, 0.15) is 32.8 Å². The summed E-state index contributed by atoms with van der Waals surface area (Å²) in [6.45, 7) is 3.63. The zero-order chi connectivity index (χ0) is 20.8. The van der Waals surface area contributed by atoms with E-state index in [9.17, 15) is 4.79 Å². The summed E-state index contributed by atoms with van der Waals surface area (Å²) >= 11 is 12.2. The summed E-state index contributed by atoms with van der Waals surface area (Å²) in [4.78, 5) is 15.1. The number of furan rings is 1. The number of allylic oxidation sites excluding steroid dienone is 1. The monoisotopic (exact) mass is 441 g/mol. The molecule has 0 saturated heterocycles. The summed E-state index contributed by atoms with van der Waals surface area (Å²) in [5.41, 5.74) is 2.97. The first-order chi connectivity index (χ1) is 14.5. The van der Waals surface area contributed by atoms with Crippen LogP contribution in [-0.4, -0.2) is 17.4 Å². The Bertz CT molecular complexity index is 1180. The minimum atomic E-state index is -0.176. The van der Waals surface area contributed by atoms with Gasteiger partial charge in [0.05, 0.1) is 18.4 Å². The van der Waals surface area contributed by atoms with Crippen LogP contribution in [0.5, 0.6) is 11.5 Å². The summed E-state index contributed by atoms with van der Waals surface area (Å²) in [6, 6.07) is 10.8. The van der Waals surface area contributed by atoms with Crippen LogP contribution in [-0.2, 0) is 13.1 Å². The largest absolute Gasteiger partial charge is 0.477 e. The lowest BCUT2D eigenvalue weighted by atomic mass is 10.00. The molecule has 152 valence electrons. The van der Waals surface area contributed by atoms with Gasteiger partial charge >= 0.3 is 0 Å². The lowest BCUT2D eigenvalue weighted by Gasteiger charge is -2.29. The number of nitrogens with zero attached hydrogens (tertiary/aromatic N) is 1. The summed E-state index contributed by atoms with van der Waals surface area (Å²) < 4.78 is 17.4. The summed E-state index contributed by atoms with van der Waals surface area (Å²) in [6.07, 6.45) is 3.30. The van der Waals surface area contributed by atoms with Crippen molar-refractivity contribution in [3.05, 3.63) is 86.5 Å². The maximum Gasteiger partial charge on any atom is 0.231 e. The second-order valence-electron chi connectivity index (χ2n) is 7.31. The van der Waals surface area contributed by atoms with Gasteiger partial charge in [0, 0.05) is 27.7 Å². The molecule has 0 fully saturated rings. The minimum absolute atomic E-state index is 0.176. The smallest absolute Gasteiger partial charge is 0.231 e. The zero-order valence-corrected chi connectivity index (χ0v) is 17.6. The standard InChI is InChI=1S/C23H17Cl2NO4/c1-13-22-15(10-26(12-29-22)11-17-3-2-6-28-17)7-18-21(27)20(30-23(13)18)8-14-4-5-16(24)9-19(14)25/h2-9H,10-12H2,1H3/b20-8-. The van der Waals surface area contributed by atoms with Gasteiger partial charge in [0.2, 0.25) is 5.78 Å². The van der Waals surface area contributed by atoms with Gasteiger partial charge in [0.1, 0.15) is 24.0 Å². The van der Waals surface area contributed by atoms with Gasteiger partial charge in [-0.2, -0.15) is 0 Å². The van der Waals surface area contributed by atoms with Crippen LogP contribution < -0.4 is 9.47 Å². The van der Waals surface area contributed by atoms with Gasteiger partial charge < -0.3 is 13.9 Å². The summed E-state index contributed by atoms with van der Waals surface area (Å²) in [5.74, 6) is 2.22. The first-order valence-corrected chi connectivity index (χ1v) is 10.2. The predicted octanol–water partition coefficient (Wildman–Crippen LogP) is 5.86. The van der Waals surface area contributed by atoms with Crippen molar-refractivity contribution in [2.75, 3.05) is 6.73 Å². The highest BCUT2D eigenvalue weighted by molar-refractivity contribution is 6.35. The van der Waals surface area contributed by atoms with E-state index < -0.39 is 0 Å². The van der Waals surface area contributed by atoms with Crippen molar-refractivity contribution < 1.29 is 18.7 Å². The van der Waals surface area contributed by atoms with Crippen LogP contribution >= 0.6 is 23.2 Å². The molecule has 2 aromatic carbocycles. The Morgan fingerprint density at radius 2 is 2.03 bits per heavy atom. The molecule has 0 unspecified atom stereocenters. The van der Waals surface area contributed by atoms with Crippen molar-refractivity contribution in [2.45, 2.75) is 20.0 Å². The molecule has 1 aromatic heterocycles. The van der Waals surface area contributed by atoms with Gasteiger partial charge in [-0.15, -0.1) is 0 Å². The van der Waals surface area contributed by atoms with Crippen LogP contribution in [0.25, 0.3) is 6.08 Å². The Labute approximate surface area is 183 Å². The van der Waals surface area contributed by atoms with E-state index in [0.29, 0.717) is 46.7 Å². The molecule has 0 radical (unpaired) electrons. The molecular weight excluding hydrogens is 425 g/mol. The van der Waals surface area contributed by atoms with Gasteiger partial charge in [-0.05, 0) is 48.9 Å². The highest BCUT2D eigenvalue weighted by Crippen LogP contribution is 2.43. The molecule has 3 aromatic rings. The van der Waals surface area contributed by atoms with E-state index >= 15 is 0 Å². The average molecular weight is 442 g/mol. The van der Waals surface area contributed by atoms with E-state index in [2.05, 4.69) is 4.90 Å². The average Bonchev–Trinajstić information content (AvgIpc) is 3.33. The Kier molecular flexibility index (Phi) is 4.82. The number of carbonyl (C=O) groups is 1. The topological polar surface area (TPSA) is 51.9 Å². The number of carbonyl (C=O) groups excluding carboxylic acids is 1. The molecule has 0 spiro atoms. The van der Waals surface area contributed by atoms with Crippen LogP contribution in [0.3, 0.4) is 0 Å². The number of ketones is 1. The number of rotatable bonds is 3. The van der Waals surface area contributed by atoms with Gasteiger partial charge in [-0.25, -0.2) is 0 Å². The molecule has 7 heteroatoms. The van der Waals surface area contributed by atoms with E-state index in [1.54, 1.807) is 30.5 Å². The molecule has 5 rings (SSSR count). The fourth-order valence-electron chi connectivity index (χ4n) is 3.78. The van der Waals surface area contributed by atoms with Gasteiger partial charge in [-0.1, -0.05) is 29.3 Å². The first kappa shape index (κ1) is 19.2. The predicted molar refractivity (Wildman–Crippen MR) is 114 cm³/mol. The van der Waals surface area contributed by atoms with Crippen molar-refractivity contribution in [1.29, 1.82) is 0 Å². The van der Waals surface area contributed by atoms with Gasteiger partial charge in [-0.3, -0.25) is 9.69 Å². The zero-order valence-electron chi connectivity index (χ0n) is 16.1. The fourth-order valence-corrected chi connectivity index (χ4v) is 4.24. The fraction of sp³-hybridized carbons (Fsp3) is 0.174. The maximum absolute atomic E-state index is 13.0. The molecule has 2 aliphatic rings. The Balaban J connectivity index is 1.45. The number of fused-ring (bicyclic) bond motifs is 2. The second kappa shape index (κ2) is 7.51. The van der Waals surface area contributed by atoms with Crippen molar-refractivity contribution in [3.63, 3.8) is 0 Å². The molecule has 0 aliphatic carbocycles. The van der Waals surface area contributed by atoms with Gasteiger partial charge in [0.15, 0.2) is 5.76 Å². The Hall–Kier alpha value is -2.73. The number of halogens is 2. The van der Waals surface area contributed by atoms with Crippen LogP contribution in [0.2, 0.25) is 10.0 Å². The number of ether oxygens (including phenoxy) is 2. The number of hydrogen-bond donors (Lipinski definition) is 0. The molecule has 0 bridgehead atoms. The SMILES string of the molecule is Cc1c2c(cc3c1O/C(=C\c1ccc(Cl)cc1Cl)C3=O)CN(Cc1ccco1)CO2. The normalized spacial score (nSPS) is 16.9. The molecule has 30 heavy (non-hydrogen) atoms. The van der Waals surface area contributed by atoms with E-state index in [-0.39, 0.29) is 11.5 Å². The van der Waals surface area contributed by atoms with Crippen molar-refractivity contribution in [3.8, 4) is 11.5 Å².